The van der Waals surface area contributed by atoms with E-state index in [1.54, 1.807) is 0 Å². The third-order valence-corrected chi connectivity index (χ3v) is 3.64. The van der Waals surface area contributed by atoms with Gasteiger partial charge in [-0.1, -0.05) is 25.7 Å². The molecular formula is C16H26O5. The molecule has 5 heteroatoms. The maximum absolute atomic E-state index is 11.8. The van der Waals surface area contributed by atoms with Crippen molar-refractivity contribution in [3.8, 4) is 0 Å². The van der Waals surface area contributed by atoms with Crippen LogP contribution < -0.4 is 0 Å². The van der Waals surface area contributed by atoms with Crippen molar-refractivity contribution in [1.82, 2.24) is 0 Å². The Morgan fingerprint density at radius 3 is 2.52 bits per heavy atom. The van der Waals surface area contributed by atoms with Crippen molar-refractivity contribution in [1.29, 1.82) is 0 Å². The van der Waals surface area contributed by atoms with E-state index in [1.807, 2.05) is 6.08 Å². The Morgan fingerprint density at radius 1 is 1.19 bits per heavy atom. The van der Waals surface area contributed by atoms with Gasteiger partial charge >= 0.3 is 5.97 Å². The molecule has 1 atom stereocenters. The number of carbonyl (C=O) groups is 2. The van der Waals surface area contributed by atoms with Crippen molar-refractivity contribution in [2.45, 2.75) is 63.9 Å². The minimum atomic E-state index is -0.723. The Hall–Kier alpha value is -1.20. The number of carboxylic acids is 1. The van der Waals surface area contributed by atoms with Crippen LogP contribution in [0.3, 0.4) is 0 Å². The van der Waals surface area contributed by atoms with Crippen LogP contribution in [0.5, 0.6) is 0 Å². The lowest BCUT2D eigenvalue weighted by Crippen LogP contribution is -2.11. The highest BCUT2D eigenvalue weighted by Crippen LogP contribution is 2.22. The monoisotopic (exact) mass is 298 g/mol. The van der Waals surface area contributed by atoms with Gasteiger partial charge in [-0.2, -0.15) is 0 Å². The molecule has 0 radical (unpaired) electrons. The minimum Gasteiger partial charge on any atom is -0.481 e. The van der Waals surface area contributed by atoms with Crippen molar-refractivity contribution < 1.29 is 24.5 Å². The summed E-state index contributed by atoms with van der Waals surface area (Å²) < 4.78 is 5.35. The molecule has 0 bridgehead atoms. The molecule has 0 aromatic rings. The minimum absolute atomic E-state index is 0.0181. The van der Waals surface area contributed by atoms with E-state index in [2.05, 4.69) is 0 Å². The number of allylic oxidation sites excluding steroid dienone is 1. The number of ether oxygens (including phenoxy) is 1. The average molecular weight is 298 g/mol. The van der Waals surface area contributed by atoms with Crippen LogP contribution in [0.25, 0.3) is 0 Å². The first kappa shape index (κ1) is 17.9. The molecule has 1 unspecified atom stereocenters. The second kappa shape index (κ2) is 10.5. The molecule has 0 fully saturated rings. The van der Waals surface area contributed by atoms with Crippen molar-refractivity contribution in [2.24, 2.45) is 0 Å². The fourth-order valence-electron chi connectivity index (χ4n) is 2.52. The Balaban J connectivity index is 2.04. The van der Waals surface area contributed by atoms with E-state index in [9.17, 15) is 9.59 Å². The fraction of sp³-hybridized carbons (Fsp3) is 0.750. The van der Waals surface area contributed by atoms with E-state index in [0.29, 0.717) is 6.42 Å². The van der Waals surface area contributed by atoms with Gasteiger partial charge in [0.1, 0.15) is 0 Å². The second-order valence-electron chi connectivity index (χ2n) is 5.47. The molecule has 5 nitrogen and oxygen atoms in total. The third kappa shape index (κ3) is 7.97. The van der Waals surface area contributed by atoms with Crippen LogP contribution in [-0.4, -0.2) is 41.3 Å². The molecule has 0 aromatic heterocycles. The highest BCUT2D eigenvalue weighted by molar-refractivity contribution is 5.98. The molecule has 0 aliphatic heterocycles. The summed E-state index contributed by atoms with van der Waals surface area (Å²) in [5, 5.41) is 17.2. The maximum atomic E-state index is 11.8. The lowest BCUT2D eigenvalue weighted by molar-refractivity contribution is -0.137. The van der Waals surface area contributed by atoms with E-state index in [0.717, 1.165) is 50.5 Å². The Kier molecular flexibility index (Phi) is 8.94. The molecule has 0 aromatic carbocycles. The van der Waals surface area contributed by atoms with Crippen molar-refractivity contribution in [3.05, 3.63) is 11.6 Å². The van der Waals surface area contributed by atoms with E-state index in [1.165, 1.54) is 0 Å². The quantitative estimate of drug-likeness (QED) is 0.541. The predicted molar refractivity (Wildman–Crippen MR) is 79.1 cm³/mol. The first-order valence-electron chi connectivity index (χ1n) is 7.81. The number of hydrogen-bond acceptors (Lipinski definition) is 4. The number of rotatable bonds is 12. The third-order valence-electron chi connectivity index (χ3n) is 3.64. The van der Waals surface area contributed by atoms with Gasteiger partial charge in [0.25, 0.3) is 0 Å². The summed E-state index contributed by atoms with van der Waals surface area (Å²) in [4.78, 5) is 22.1. The topological polar surface area (TPSA) is 83.8 Å². The van der Waals surface area contributed by atoms with Gasteiger partial charge in [0.15, 0.2) is 5.78 Å². The van der Waals surface area contributed by atoms with Gasteiger partial charge in [-0.25, -0.2) is 0 Å². The highest BCUT2D eigenvalue weighted by atomic mass is 16.5. The zero-order chi connectivity index (χ0) is 15.5. The van der Waals surface area contributed by atoms with Crippen LogP contribution in [0.15, 0.2) is 11.6 Å². The zero-order valence-corrected chi connectivity index (χ0v) is 12.6. The summed E-state index contributed by atoms with van der Waals surface area (Å²) in [5.41, 5.74) is 0.865. The maximum Gasteiger partial charge on any atom is 0.303 e. The first-order chi connectivity index (χ1) is 10.1. The van der Waals surface area contributed by atoms with Crippen LogP contribution in [0, 0.1) is 0 Å². The van der Waals surface area contributed by atoms with Gasteiger partial charge in [-0.05, 0) is 30.9 Å². The number of aliphatic hydroxyl groups is 1. The highest BCUT2D eigenvalue weighted by Gasteiger charge is 2.23. The molecule has 0 heterocycles. The van der Waals surface area contributed by atoms with E-state index in [-0.39, 0.29) is 31.5 Å². The molecule has 120 valence electrons. The number of aliphatic carboxylic acids is 1. The number of ketones is 1. The van der Waals surface area contributed by atoms with Gasteiger partial charge in [0.05, 0.1) is 19.3 Å². The van der Waals surface area contributed by atoms with E-state index < -0.39 is 5.97 Å². The lowest BCUT2D eigenvalue weighted by atomic mass is 10.0. The molecule has 0 saturated carbocycles. The Bertz CT molecular complexity index is 362. The molecule has 1 aliphatic rings. The van der Waals surface area contributed by atoms with E-state index in [4.69, 9.17) is 14.9 Å². The van der Waals surface area contributed by atoms with Gasteiger partial charge in [-0.3, -0.25) is 9.59 Å². The number of hydrogen-bond donors (Lipinski definition) is 2. The van der Waals surface area contributed by atoms with Crippen LogP contribution >= 0.6 is 0 Å². The number of carboxylic acid groups (broad SMARTS) is 1. The largest absolute Gasteiger partial charge is 0.481 e. The van der Waals surface area contributed by atoms with Crippen LogP contribution in [0.1, 0.15) is 57.8 Å². The van der Waals surface area contributed by atoms with Crippen molar-refractivity contribution in [2.75, 3.05) is 13.2 Å². The number of unbranched alkanes of at least 4 members (excludes halogenated alkanes) is 5. The lowest BCUT2D eigenvalue weighted by Gasteiger charge is -2.05. The number of aliphatic hydroxyl groups excluding tert-OH is 1. The molecule has 0 spiro atoms. The summed E-state index contributed by atoms with van der Waals surface area (Å²) in [6.45, 7) is 0.258. The molecule has 0 amide bonds. The molecule has 2 N–H and O–H groups in total. The number of carbonyl (C=O) groups excluding carboxylic acids is 1. The summed E-state index contributed by atoms with van der Waals surface area (Å²) >= 11 is 0. The Labute approximate surface area is 126 Å². The number of Topliss-reactive ketones (excluding diaryl/α,β-unsaturated/α-hetero) is 1. The average Bonchev–Trinajstić information content (AvgIpc) is 2.79. The standard InChI is InChI=1S/C16H26O5/c17-9-10-21-14-11-13(15(18)12-14)7-5-3-1-2-4-6-8-16(19)20/h11,14,17H,1-10,12H2,(H,19,20). The summed E-state index contributed by atoms with van der Waals surface area (Å²) in [7, 11) is 0. The molecule has 0 saturated heterocycles. The van der Waals surface area contributed by atoms with Crippen LogP contribution in [0.2, 0.25) is 0 Å². The van der Waals surface area contributed by atoms with Crippen molar-refractivity contribution in [3.63, 3.8) is 0 Å². The summed E-state index contributed by atoms with van der Waals surface area (Å²) in [6.07, 6.45) is 9.12. The Morgan fingerprint density at radius 2 is 1.86 bits per heavy atom. The first-order valence-corrected chi connectivity index (χ1v) is 7.81. The van der Waals surface area contributed by atoms with E-state index >= 15 is 0 Å². The van der Waals surface area contributed by atoms with Gasteiger partial charge < -0.3 is 14.9 Å². The fourth-order valence-corrected chi connectivity index (χ4v) is 2.52. The van der Waals surface area contributed by atoms with Gasteiger partial charge in [0.2, 0.25) is 0 Å². The molecule has 1 aliphatic carbocycles. The predicted octanol–water partition coefficient (Wildman–Crippen LogP) is 2.47. The SMILES string of the molecule is O=C(O)CCCCCCCCC1=CC(OCCO)CC1=O. The van der Waals surface area contributed by atoms with Crippen molar-refractivity contribution >= 4 is 11.8 Å². The normalized spacial score (nSPS) is 18.0. The zero-order valence-electron chi connectivity index (χ0n) is 12.6. The summed E-state index contributed by atoms with van der Waals surface area (Å²) in [5.74, 6) is -0.556. The van der Waals surface area contributed by atoms with Crippen LogP contribution in [-0.2, 0) is 14.3 Å². The van der Waals surface area contributed by atoms with Gasteiger partial charge in [0, 0.05) is 12.8 Å². The van der Waals surface area contributed by atoms with Gasteiger partial charge in [-0.15, -0.1) is 0 Å². The molecular weight excluding hydrogens is 272 g/mol. The smallest absolute Gasteiger partial charge is 0.303 e. The second-order valence-corrected chi connectivity index (χ2v) is 5.47. The molecule has 1 rings (SSSR count). The molecule has 21 heavy (non-hydrogen) atoms. The summed E-state index contributed by atoms with van der Waals surface area (Å²) in [6, 6.07) is 0. The van der Waals surface area contributed by atoms with Crippen LogP contribution in [0.4, 0.5) is 0 Å².